The van der Waals surface area contributed by atoms with E-state index in [9.17, 15) is 0 Å². The number of nitrogens with zero attached hydrogens (tertiary/aromatic N) is 1. The second-order valence-corrected chi connectivity index (χ2v) is 5.92. The molecule has 3 heteroatoms. The summed E-state index contributed by atoms with van der Waals surface area (Å²) in [4.78, 5) is 4.54. The summed E-state index contributed by atoms with van der Waals surface area (Å²) in [5, 5.41) is 3.36. The molecule has 0 saturated heterocycles. The van der Waals surface area contributed by atoms with Gasteiger partial charge in [-0.1, -0.05) is 26.7 Å². The first-order valence-corrected chi connectivity index (χ1v) is 8.06. The Morgan fingerprint density at radius 2 is 2.15 bits per heavy atom. The van der Waals surface area contributed by atoms with Crippen LogP contribution in [0.4, 0.5) is 0 Å². The zero-order valence-corrected chi connectivity index (χ0v) is 13.1. The third kappa shape index (κ3) is 4.48. The van der Waals surface area contributed by atoms with Gasteiger partial charge in [0.1, 0.15) is 6.10 Å². The second kappa shape index (κ2) is 7.63. The van der Waals surface area contributed by atoms with Gasteiger partial charge in [-0.05, 0) is 50.3 Å². The highest BCUT2D eigenvalue weighted by atomic mass is 16.5. The van der Waals surface area contributed by atoms with Gasteiger partial charge in [-0.3, -0.25) is 0 Å². The minimum atomic E-state index is 0.356. The molecule has 0 aliphatic heterocycles. The van der Waals surface area contributed by atoms with Crippen molar-refractivity contribution in [1.82, 2.24) is 10.3 Å². The van der Waals surface area contributed by atoms with E-state index in [1.807, 2.05) is 6.92 Å². The standard InChI is InChI=1S/C17H28N2O/c1-4-14-7-6-8-16(10-14)20-17-11-15(12-18-5-2)9-13(3)19-17/h9,11,14,16,18H,4-8,10,12H2,1-3H3. The summed E-state index contributed by atoms with van der Waals surface area (Å²) in [5.74, 6) is 1.64. The lowest BCUT2D eigenvalue weighted by molar-refractivity contribution is 0.117. The molecular formula is C17H28N2O. The molecule has 1 N–H and O–H groups in total. The highest BCUT2D eigenvalue weighted by molar-refractivity contribution is 5.24. The molecule has 1 aliphatic rings. The van der Waals surface area contributed by atoms with E-state index in [1.165, 1.54) is 37.7 Å². The molecule has 2 rings (SSSR count). The van der Waals surface area contributed by atoms with Gasteiger partial charge in [0.25, 0.3) is 0 Å². The van der Waals surface area contributed by atoms with E-state index >= 15 is 0 Å². The van der Waals surface area contributed by atoms with Crippen LogP contribution in [0.5, 0.6) is 5.88 Å². The van der Waals surface area contributed by atoms with Crippen LogP contribution < -0.4 is 10.1 Å². The van der Waals surface area contributed by atoms with Gasteiger partial charge in [0.2, 0.25) is 5.88 Å². The number of ether oxygens (including phenoxy) is 1. The summed E-state index contributed by atoms with van der Waals surface area (Å²) in [6, 6.07) is 4.22. The van der Waals surface area contributed by atoms with E-state index < -0.39 is 0 Å². The monoisotopic (exact) mass is 276 g/mol. The van der Waals surface area contributed by atoms with E-state index in [2.05, 4.69) is 36.3 Å². The highest BCUT2D eigenvalue weighted by Gasteiger charge is 2.22. The molecule has 0 aromatic carbocycles. The first kappa shape index (κ1) is 15.3. The summed E-state index contributed by atoms with van der Waals surface area (Å²) < 4.78 is 6.15. The molecule has 20 heavy (non-hydrogen) atoms. The van der Waals surface area contributed by atoms with Crippen molar-refractivity contribution < 1.29 is 4.74 Å². The molecule has 1 heterocycles. The van der Waals surface area contributed by atoms with Crippen molar-refractivity contribution in [3.63, 3.8) is 0 Å². The maximum absolute atomic E-state index is 6.15. The van der Waals surface area contributed by atoms with Crippen LogP contribution in [0.3, 0.4) is 0 Å². The van der Waals surface area contributed by atoms with Crippen molar-refractivity contribution in [2.45, 2.75) is 65.5 Å². The molecule has 0 amide bonds. The fourth-order valence-electron chi connectivity index (χ4n) is 3.03. The molecule has 3 nitrogen and oxygen atoms in total. The van der Waals surface area contributed by atoms with E-state index in [1.54, 1.807) is 0 Å². The Kier molecular flexibility index (Phi) is 5.84. The smallest absolute Gasteiger partial charge is 0.214 e. The van der Waals surface area contributed by atoms with Crippen molar-refractivity contribution in [3.8, 4) is 5.88 Å². The Bertz CT molecular complexity index is 419. The Balaban J connectivity index is 1.99. The van der Waals surface area contributed by atoms with Crippen LogP contribution in [-0.2, 0) is 6.54 Å². The molecule has 1 aromatic heterocycles. The average Bonchev–Trinajstić information content (AvgIpc) is 2.44. The van der Waals surface area contributed by atoms with E-state index in [-0.39, 0.29) is 0 Å². The number of rotatable bonds is 6. The van der Waals surface area contributed by atoms with Gasteiger partial charge in [0.05, 0.1) is 0 Å². The largest absolute Gasteiger partial charge is 0.474 e. The van der Waals surface area contributed by atoms with Gasteiger partial charge in [-0.15, -0.1) is 0 Å². The normalized spacial score (nSPS) is 22.8. The zero-order valence-electron chi connectivity index (χ0n) is 13.1. The maximum atomic E-state index is 6.15. The molecule has 0 spiro atoms. The minimum absolute atomic E-state index is 0.356. The van der Waals surface area contributed by atoms with E-state index in [0.29, 0.717) is 6.10 Å². The van der Waals surface area contributed by atoms with Crippen LogP contribution in [0.25, 0.3) is 0 Å². The lowest BCUT2D eigenvalue weighted by Crippen LogP contribution is -2.25. The highest BCUT2D eigenvalue weighted by Crippen LogP contribution is 2.29. The SMILES string of the molecule is CCNCc1cc(C)nc(OC2CCCC(CC)C2)c1. The molecule has 1 fully saturated rings. The van der Waals surface area contributed by atoms with Gasteiger partial charge in [0.15, 0.2) is 0 Å². The third-order valence-corrected chi connectivity index (χ3v) is 4.17. The van der Waals surface area contributed by atoms with Crippen molar-refractivity contribution in [1.29, 1.82) is 0 Å². The average molecular weight is 276 g/mol. The lowest BCUT2D eigenvalue weighted by Gasteiger charge is -2.28. The van der Waals surface area contributed by atoms with Gasteiger partial charge in [0, 0.05) is 18.3 Å². The van der Waals surface area contributed by atoms with Gasteiger partial charge < -0.3 is 10.1 Å². The van der Waals surface area contributed by atoms with Crippen molar-refractivity contribution in [3.05, 3.63) is 23.4 Å². The maximum Gasteiger partial charge on any atom is 0.214 e. The summed E-state index contributed by atoms with van der Waals surface area (Å²) >= 11 is 0. The fourth-order valence-corrected chi connectivity index (χ4v) is 3.03. The molecule has 1 saturated carbocycles. The van der Waals surface area contributed by atoms with Gasteiger partial charge in [-0.25, -0.2) is 4.98 Å². The van der Waals surface area contributed by atoms with E-state index in [4.69, 9.17) is 4.74 Å². The molecular weight excluding hydrogens is 248 g/mol. The topological polar surface area (TPSA) is 34.2 Å². The Labute approximate surface area is 123 Å². The molecule has 2 unspecified atom stereocenters. The third-order valence-electron chi connectivity index (χ3n) is 4.17. The summed E-state index contributed by atoms with van der Waals surface area (Å²) in [6.07, 6.45) is 6.65. The predicted octanol–water partition coefficient (Wildman–Crippen LogP) is 3.85. The summed E-state index contributed by atoms with van der Waals surface area (Å²) in [6.45, 7) is 8.32. The molecule has 0 bridgehead atoms. The number of hydrogen-bond donors (Lipinski definition) is 1. The molecule has 0 radical (unpaired) electrons. The quantitative estimate of drug-likeness (QED) is 0.857. The van der Waals surface area contributed by atoms with Crippen molar-refractivity contribution in [2.24, 2.45) is 5.92 Å². The fraction of sp³-hybridized carbons (Fsp3) is 0.706. The molecule has 112 valence electrons. The molecule has 1 aromatic rings. The van der Waals surface area contributed by atoms with Crippen molar-refractivity contribution in [2.75, 3.05) is 6.54 Å². The summed E-state index contributed by atoms with van der Waals surface area (Å²) in [5.41, 5.74) is 2.30. The van der Waals surface area contributed by atoms with Crippen LogP contribution in [0.15, 0.2) is 12.1 Å². The van der Waals surface area contributed by atoms with Crippen LogP contribution in [0, 0.1) is 12.8 Å². The van der Waals surface area contributed by atoms with E-state index in [0.717, 1.165) is 30.6 Å². The predicted molar refractivity (Wildman–Crippen MR) is 83.0 cm³/mol. The molecule has 1 aliphatic carbocycles. The Morgan fingerprint density at radius 1 is 1.30 bits per heavy atom. The number of pyridine rings is 1. The minimum Gasteiger partial charge on any atom is -0.474 e. The second-order valence-electron chi connectivity index (χ2n) is 5.92. The zero-order chi connectivity index (χ0) is 14.4. The number of aryl methyl sites for hydroxylation is 1. The van der Waals surface area contributed by atoms with Gasteiger partial charge in [-0.2, -0.15) is 0 Å². The van der Waals surface area contributed by atoms with Crippen LogP contribution in [0.1, 0.15) is 57.2 Å². The molecule has 2 atom stereocenters. The van der Waals surface area contributed by atoms with Crippen LogP contribution in [0.2, 0.25) is 0 Å². The lowest BCUT2D eigenvalue weighted by atomic mass is 9.85. The number of nitrogens with one attached hydrogen (secondary N) is 1. The van der Waals surface area contributed by atoms with Gasteiger partial charge >= 0.3 is 0 Å². The first-order valence-electron chi connectivity index (χ1n) is 8.06. The van der Waals surface area contributed by atoms with Crippen LogP contribution in [-0.4, -0.2) is 17.6 Å². The Hall–Kier alpha value is -1.09. The first-order chi connectivity index (χ1) is 9.71. The Morgan fingerprint density at radius 3 is 2.90 bits per heavy atom. The summed E-state index contributed by atoms with van der Waals surface area (Å²) in [7, 11) is 0. The number of hydrogen-bond acceptors (Lipinski definition) is 3. The number of aromatic nitrogens is 1. The van der Waals surface area contributed by atoms with Crippen molar-refractivity contribution >= 4 is 0 Å². The van der Waals surface area contributed by atoms with Crippen LogP contribution >= 0.6 is 0 Å².